The molecule has 35 heavy (non-hydrogen) atoms. The number of hydrogen-bond acceptors (Lipinski definition) is 4. The number of fused-ring (bicyclic) bond motifs is 1. The molecule has 0 spiro atoms. The van der Waals surface area contributed by atoms with E-state index >= 15 is 0 Å². The SMILES string of the molecule is CCCn1c(=O)c2[nH]c(-c3ccc(OCC(=O)Nc4ccc(Cl)cc4)cc3)cc2n(CCC)c1=O. The standard InChI is InChI=1S/C26H27ClN4O4/c1-3-13-30-22-15-21(29-24(22)25(33)31(14-4-2)26(30)34)17-5-11-20(12-6-17)35-16-23(32)28-19-9-7-18(27)8-10-19/h5-12,15,29H,3-4,13-14,16H2,1-2H3,(H,28,32). The fraction of sp³-hybridized carbons (Fsp3) is 0.269. The first-order valence-electron chi connectivity index (χ1n) is 11.6. The van der Waals surface area contributed by atoms with Gasteiger partial charge in [-0.2, -0.15) is 0 Å². The van der Waals surface area contributed by atoms with Gasteiger partial charge in [0.15, 0.2) is 6.61 Å². The minimum atomic E-state index is -0.308. The maximum absolute atomic E-state index is 12.9. The van der Waals surface area contributed by atoms with E-state index in [1.165, 1.54) is 4.57 Å². The van der Waals surface area contributed by atoms with Crippen molar-refractivity contribution in [1.29, 1.82) is 0 Å². The maximum Gasteiger partial charge on any atom is 0.331 e. The highest BCUT2D eigenvalue weighted by Crippen LogP contribution is 2.24. The second kappa shape index (κ2) is 10.7. The highest BCUT2D eigenvalue weighted by molar-refractivity contribution is 6.30. The summed E-state index contributed by atoms with van der Waals surface area (Å²) in [4.78, 5) is 41.2. The zero-order chi connectivity index (χ0) is 24.9. The zero-order valence-corrected chi connectivity index (χ0v) is 20.4. The van der Waals surface area contributed by atoms with Crippen molar-refractivity contribution in [1.82, 2.24) is 14.1 Å². The minimum Gasteiger partial charge on any atom is -0.484 e. The van der Waals surface area contributed by atoms with E-state index in [-0.39, 0.29) is 23.8 Å². The average molecular weight is 495 g/mol. The molecule has 0 aliphatic carbocycles. The number of nitrogens with zero attached hydrogens (tertiary/aromatic N) is 2. The molecule has 4 rings (SSSR count). The van der Waals surface area contributed by atoms with Gasteiger partial charge in [0.1, 0.15) is 11.3 Å². The number of H-pyrrole nitrogens is 1. The number of aromatic amines is 1. The molecule has 2 aromatic heterocycles. The zero-order valence-electron chi connectivity index (χ0n) is 19.6. The number of nitrogens with one attached hydrogen (secondary N) is 2. The third kappa shape index (κ3) is 5.33. The Kier molecular flexibility index (Phi) is 7.41. The summed E-state index contributed by atoms with van der Waals surface area (Å²) in [5, 5.41) is 3.34. The Bertz CT molecular complexity index is 1450. The molecule has 2 N–H and O–H groups in total. The van der Waals surface area contributed by atoms with Crippen LogP contribution >= 0.6 is 11.6 Å². The normalized spacial score (nSPS) is 11.1. The molecule has 0 atom stereocenters. The van der Waals surface area contributed by atoms with Crippen LogP contribution in [0.2, 0.25) is 5.02 Å². The predicted molar refractivity (Wildman–Crippen MR) is 138 cm³/mol. The second-order valence-electron chi connectivity index (χ2n) is 8.20. The third-order valence-electron chi connectivity index (χ3n) is 5.57. The fourth-order valence-electron chi connectivity index (χ4n) is 3.92. The van der Waals surface area contributed by atoms with Gasteiger partial charge >= 0.3 is 5.69 Å². The van der Waals surface area contributed by atoms with Gasteiger partial charge < -0.3 is 15.0 Å². The molecule has 9 heteroatoms. The lowest BCUT2D eigenvalue weighted by Gasteiger charge is -2.10. The first-order chi connectivity index (χ1) is 16.9. The number of benzene rings is 2. The van der Waals surface area contributed by atoms with Crippen LogP contribution < -0.4 is 21.3 Å². The molecule has 0 aliphatic rings. The number of rotatable bonds is 9. The number of ether oxygens (including phenoxy) is 1. The van der Waals surface area contributed by atoms with Crippen molar-refractivity contribution >= 4 is 34.2 Å². The van der Waals surface area contributed by atoms with Crippen molar-refractivity contribution in [3.8, 4) is 17.0 Å². The lowest BCUT2D eigenvalue weighted by molar-refractivity contribution is -0.118. The molecule has 0 bridgehead atoms. The predicted octanol–water partition coefficient (Wildman–Crippen LogP) is 4.65. The summed E-state index contributed by atoms with van der Waals surface area (Å²) in [6.45, 7) is 4.69. The monoisotopic (exact) mass is 494 g/mol. The minimum absolute atomic E-state index is 0.144. The largest absolute Gasteiger partial charge is 0.484 e. The second-order valence-corrected chi connectivity index (χ2v) is 8.64. The van der Waals surface area contributed by atoms with Gasteiger partial charge in [0.25, 0.3) is 11.5 Å². The van der Waals surface area contributed by atoms with Crippen molar-refractivity contribution in [2.24, 2.45) is 0 Å². The number of aromatic nitrogens is 3. The number of amides is 1. The van der Waals surface area contributed by atoms with Gasteiger partial charge in [0, 0.05) is 29.5 Å². The summed E-state index contributed by atoms with van der Waals surface area (Å²) >= 11 is 5.85. The van der Waals surface area contributed by atoms with E-state index < -0.39 is 0 Å². The molecule has 0 fully saturated rings. The van der Waals surface area contributed by atoms with Crippen LogP contribution in [0.5, 0.6) is 5.75 Å². The van der Waals surface area contributed by atoms with Crippen molar-refractivity contribution < 1.29 is 9.53 Å². The van der Waals surface area contributed by atoms with Gasteiger partial charge in [0.2, 0.25) is 0 Å². The number of aryl methyl sites for hydroxylation is 1. The van der Waals surface area contributed by atoms with Crippen molar-refractivity contribution in [2.75, 3.05) is 11.9 Å². The van der Waals surface area contributed by atoms with E-state index in [1.807, 2.05) is 32.0 Å². The fourth-order valence-corrected chi connectivity index (χ4v) is 4.04. The van der Waals surface area contributed by atoms with E-state index in [9.17, 15) is 14.4 Å². The first-order valence-corrected chi connectivity index (χ1v) is 11.9. The van der Waals surface area contributed by atoms with E-state index in [0.717, 1.165) is 17.7 Å². The van der Waals surface area contributed by atoms with Crippen LogP contribution in [0.3, 0.4) is 0 Å². The Balaban J connectivity index is 1.52. The summed E-state index contributed by atoms with van der Waals surface area (Å²) in [5.74, 6) is 0.244. The molecule has 2 heterocycles. The molecular formula is C26H27ClN4O4. The molecular weight excluding hydrogens is 468 g/mol. The van der Waals surface area contributed by atoms with E-state index in [1.54, 1.807) is 41.0 Å². The Morgan fingerprint density at radius 3 is 2.29 bits per heavy atom. The van der Waals surface area contributed by atoms with Crippen LogP contribution in [-0.4, -0.2) is 26.6 Å². The summed E-state index contributed by atoms with van der Waals surface area (Å²) in [6, 6.07) is 15.8. The number of carbonyl (C=O) groups is 1. The van der Waals surface area contributed by atoms with Crippen LogP contribution in [0.1, 0.15) is 26.7 Å². The Labute approximate surface area is 207 Å². The maximum atomic E-state index is 12.9. The summed E-state index contributed by atoms with van der Waals surface area (Å²) in [6.07, 6.45) is 1.47. The Hall–Kier alpha value is -3.78. The average Bonchev–Trinajstić information content (AvgIpc) is 3.30. The molecule has 182 valence electrons. The number of halogens is 1. The van der Waals surface area contributed by atoms with Crippen molar-refractivity contribution in [3.05, 3.63) is 80.5 Å². The first kappa shape index (κ1) is 24.3. The number of anilines is 1. The Morgan fingerprint density at radius 1 is 0.971 bits per heavy atom. The van der Waals surface area contributed by atoms with E-state index in [4.69, 9.17) is 16.3 Å². The molecule has 0 saturated heterocycles. The van der Waals surface area contributed by atoms with Crippen LogP contribution in [-0.2, 0) is 17.9 Å². The molecule has 2 aromatic carbocycles. The molecule has 0 aliphatic heterocycles. The highest BCUT2D eigenvalue weighted by Gasteiger charge is 2.16. The summed E-state index contributed by atoms with van der Waals surface area (Å²) in [5.41, 5.74) is 2.62. The van der Waals surface area contributed by atoms with Gasteiger partial charge in [-0.15, -0.1) is 0 Å². The molecule has 8 nitrogen and oxygen atoms in total. The molecule has 0 unspecified atom stereocenters. The van der Waals surface area contributed by atoms with E-state index in [0.29, 0.717) is 47.0 Å². The number of carbonyl (C=O) groups excluding carboxylic acids is 1. The smallest absolute Gasteiger partial charge is 0.331 e. The lowest BCUT2D eigenvalue weighted by atomic mass is 10.1. The lowest BCUT2D eigenvalue weighted by Crippen LogP contribution is -2.39. The van der Waals surface area contributed by atoms with Crippen LogP contribution in [0, 0.1) is 0 Å². The van der Waals surface area contributed by atoms with Crippen molar-refractivity contribution in [2.45, 2.75) is 39.8 Å². The highest BCUT2D eigenvalue weighted by atomic mass is 35.5. The topological polar surface area (TPSA) is 98.1 Å². The third-order valence-corrected chi connectivity index (χ3v) is 5.82. The van der Waals surface area contributed by atoms with E-state index in [2.05, 4.69) is 10.3 Å². The van der Waals surface area contributed by atoms with Gasteiger partial charge in [0.05, 0.1) is 5.52 Å². The Morgan fingerprint density at radius 2 is 1.63 bits per heavy atom. The quantitative estimate of drug-likeness (QED) is 0.354. The van der Waals surface area contributed by atoms with Crippen LogP contribution in [0.4, 0.5) is 5.69 Å². The number of hydrogen-bond donors (Lipinski definition) is 2. The van der Waals surface area contributed by atoms with Gasteiger partial charge in [-0.1, -0.05) is 25.4 Å². The molecule has 4 aromatic rings. The van der Waals surface area contributed by atoms with Crippen LogP contribution in [0.25, 0.3) is 22.3 Å². The van der Waals surface area contributed by atoms with Crippen molar-refractivity contribution in [3.63, 3.8) is 0 Å². The molecule has 0 saturated carbocycles. The summed E-state index contributed by atoms with van der Waals surface area (Å²) in [7, 11) is 0. The molecule has 1 amide bonds. The van der Waals surface area contributed by atoms with Gasteiger partial charge in [-0.25, -0.2) is 4.79 Å². The van der Waals surface area contributed by atoms with Crippen LogP contribution in [0.15, 0.2) is 64.2 Å². The molecule has 0 radical (unpaired) electrons. The summed E-state index contributed by atoms with van der Waals surface area (Å²) < 4.78 is 8.55. The van der Waals surface area contributed by atoms with Gasteiger partial charge in [-0.3, -0.25) is 18.7 Å². The van der Waals surface area contributed by atoms with Gasteiger partial charge in [-0.05, 0) is 73.0 Å².